The molecule has 0 fully saturated rings. The Kier molecular flexibility index (Phi) is 5.12. The molecule has 0 aliphatic carbocycles. The van der Waals surface area contributed by atoms with E-state index in [1.807, 2.05) is 24.4 Å². The van der Waals surface area contributed by atoms with Crippen molar-refractivity contribution in [1.29, 1.82) is 0 Å². The number of benzene rings is 1. The quantitative estimate of drug-likeness (QED) is 0.725. The molecule has 3 rings (SSSR count). The molecule has 24 heavy (non-hydrogen) atoms. The summed E-state index contributed by atoms with van der Waals surface area (Å²) in [6, 6.07) is 10.6. The molecule has 0 saturated heterocycles. The summed E-state index contributed by atoms with van der Waals surface area (Å²) in [5.74, 6) is 0.924. The van der Waals surface area contributed by atoms with Gasteiger partial charge >= 0.3 is 6.03 Å². The van der Waals surface area contributed by atoms with Crippen molar-refractivity contribution in [2.75, 3.05) is 11.9 Å². The number of anilines is 1. The first kappa shape index (κ1) is 16.5. The molecule has 0 aliphatic heterocycles. The van der Waals surface area contributed by atoms with Crippen LogP contribution in [0.5, 0.6) is 0 Å². The van der Waals surface area contributed by atoms with E-state index in [1.54, 1.807) is 29.2 Å². The molecule has 0 bridgehead atoms. The van der Waals surface area contributed by atoms with Crippen molar-refractivity contribution in [3.05, 3.63) is 52.7 Å². The standard InChI is InChI=1S/C16H15ClN4O2S/c1-2-21(16(22)18-12-6-3-5-11(17)9-12)10-14-19-15(20-23-14)13-7-4-8-24-13/h3-9H,2,10H2,1H3,(H,18,22). The maximum absolute atomic E-state index is 12.4. The van der Waals surface area contributed by atoms with Gasteiger partial charge in [0.2, 0.25) is 11.7 Å². The number of rotatable bonds is 5. The fourth-order valence-corrected chi connectivity index (χ4v) is 2.92. The van der Waals surface area contributed by atoms with Gasteiger partial charge in [-0.1, -0.05) is 28.9 Å². The number of hydrogen-bond acceptors (Lipinski definition) is 5. The number of hydrogen-bond donors (Lipinski definition) is 1. The Labute approximate surface area is 148 Å². The maximum atomic E-state index is 12.4. The number of nitrogens with one attached hydrogen (secondary N) is 1. The number of thiophene rings is 1. The van der Waals surface area contributed by atoms with Crippen LogP contribution in [0.4, 0.5) is 10.5 Å². The van der Waals surface area contributed by atoms with Crippen molar-refractivity contribution in [1.82, 2.24) is 15.0 Å². The Bertz CT molecular complexity index is 819. The summed E-state index contributed by atoms with van der Waals surface area (Å²) in [6.45, 7) is 2.62. The van der Waals surface area contributed by atoms with Crippen LogP contribution in [-0.2, 0) is 6.54 Å². The average molecular weight is 363 g/mol. The summed E-state index contributed by atoms with van der Waals surface area (Å²) in [6.07, 6.45) is 0. The molecular formula is C16H15ClN4O2S. The number of carbonyl (C=O) groups is 1. The Balaban J connectivity index is 1.67. The number of carbonyl (C=O) groups excluding carboxylic acids is 1. The second kappa shape index (κ2) is 7.46. The van der Waals surface area contributed by atoms with Gasteiger partial charge in [-0.2, -0.15) is 4.98 Å². The topological polar surface area (TPSA) is 71.3 Å². The molecule has 3 aromatic rings. The van der Waals surface area contributed by atoms with Gasteiger partial charge in [0.25, 0.3) is 0 Å². The van der Waals surface area contributed by atoms with Gasteiger partial charge in [-0.25, -0.2) is 4.79 Å². The highest BCUT2D eigenvalue weighted by atomic mass is 35.5. The van der Waals surface area contributed by atoms with Crippen LogP contribution in [0, 0.1) is 0 Å². The number of aromatic nitrogens is 2. The first-order valence-corrected chi connectivity index (χ1v) is 8.59. The summed E-state index contributed by atoms with van der Waals surface area (Å²) in [7, 11) is 0. The third-order valence-corrected chi connectivity index (χ3v) is 4.38. The van der Waals surface area contributed by atoms with Crippen molar-refractivity contribution < 1.29 is 9.32 Å². The number of nitrogens with zero attached hydrogens (tertiary/aromatic N) is 3. The molecule has 124 valence electrons. The summed E-state index contributed by atoms with van der Waals surface area (Å²) in [4.78, 5) is 19.2. The van der Waals surface area contributed by atoms with Gasteiger partial charge in [-0.3, -0.25) is 0 Å². The lowest BCUT2D eigenvalue weighted by Crippen LogP contribution is -2.34. The fourth-order valence-electron chi connectivity index (χ4n) is 2.08. The molecule has 2 heterocycles. The highest BCUT2D eigenvalue weighted by Crippen LogP contribution is 2.22. The molecule has 0 saturated carbocycles. The van der Waals surface area contributed by atoms with Gasteiger partial charge in [0.05, 0.1) is 4.88 Å². The molecule has 6 nitrogen and oxygen atoms in total. The van der Waals surface area contributed by atoms with E-state index in [1.165, 1.54) is 11.3 Å². The molecule has 0 aliphatic rings. The molecule has 0 atom stereocenters. The van der Waals surface area contributed by atoms with Crippen LogP contribution >= 0.6 is 22.9 Å². The Morgan fingerprint density at radius 1 is 1.38 bits per heavy atom. The van der Waals surface area contributed by atoms with E-state index in [2.05, 4.69) is 15.5 Å². The highest BCUT2D eigenvalue weighted by Gasteiger charge is 2.17. The largest absolute Gasteiger partial charge is 0.337 e. The molecule has 0 unspecified atom stereocenters. The van der Waals surface area contributed by atoms with Crippen LogP contribution < -0.4 is 5.32 Å². The minimum absolute atomic E-state index is 0.237. The second-order valence-electron chi connectivity index (χ2n) is 4.94. The van der Waals surface area contributed by atoms with Crippen molar-refractivity contribution in [2.24, 2.45) is 0 Å². The van der Waals surface area contributed by atoms with E-state index in [0.29, 0.717) is 29.0 Å². The number of amides is 2. The highest BCUT2D eigenvalue weighted by molar-refractivity contribution is 7.13. The second-order valence-corrected chi connectivity index (χ2v) is 6.33. The summed E-state index contributed by atoms with van der Waals surface area (Å²) in [5, 5.41) is 9.26. The molecule has 8 heteroatoms. The average Bonchev–Trinajstić information content (AvgIpc) is 3.23. The SMILES string of the molecule is CCN(Cc1nc(-c2cccs2)no1)C(=O)Nc1cccc(Cl)c1. The number of urea groups is 1. The first-order valence-electron chi connectivity index (χ1n) is 7.33. The molecular weight excluding hydrogens is 348 g/mol. The number of halogens is 1. The molecule has 2 aromatic heterocycles. The Morgan fingerprint density at radius 2 is 2.25 bits per heavy atom. The zero-order valence-corrected chi connectivity index (χ0v) is 14.5. The van der Waals surface area contributed by atoms with E-state index in [4.69, 9.17) is 16.1 Å². The molecule has 1 aromatic carbocycles. The first-order chi connectivity index (χ1) is 11.7. The molecule has 1 N–H and O–H groups in total. The van der Waals surface area contributed by atoms with Crippen LogP contribution in [-0.4, -0.2) is 27.6 Å². The van der Waals surface area contributed by atoms with E-state index in [-0.39, 0.29) is 12.6 Å². The van der Waals surface area contributed by atoms with Gasteiger partial charge in [0, 0.05) is 17.3 Å². The van der Waals surface area contributed by atoms with Gasteiger partial charge in [0.1, 0.15) is 6.54 Å². The van der Waals surface area contributed by atoms with Crippen molar-refractivity contribution in [3.63, 3.8) is 0 Å². The van der Waals surface area contributed by atoms with Gasteiger partial charge in [-0.15, -0.1) is 11.3 Å². The van der Waals surface area contributed by atoms with Gasteiger partial charge < -0.3 is 14.7 Å². The Morgan fingerprint density at radius 3 is 2.96 bits per heavy atom. The summed E-state index contributed by atoms with van der Waals surface area (Å²) >= 11 is 7.46. The minimum atomic E-state index is -0.254. The van der Waals surface area contributed by atoms with E-state index in [9.17, 15) is 4.79 Å². The van der Waals surface area contributed by atoms with Gasteiger partial charge in [0.15, 0.2) is 0 Å². The predicted molar refractivity (Wildman–Crippen MR) is 94.2 cm³/mol. The van der Waals surface area contributed by atoms with Crippen LogP contribution in [0.25, 0.3) is 10.7 Å². The molecule has 0 spiro atoms. The normalized spacial score (nSPS) is 10.6. The smallest absolute Gasteiger partial charge is 0.322 e. The van der Waals surface area contributed by atoms with E-state index in [0.717, 1.165) is 4.88 Å². The van der Waals surface area contributed by atoms with E-state index >= 15 is 0 Å². The third-order valence-electron chi connectivity index (χ3n) is 3.28. The lowest BCUT2D eigenvalue weighted by atomic mass is 10.3. The van der Waals surface area contributed by atoms with Crippen molar-refractivity contribution >= 4 is 34.7 Å². The molecule has 2 amide bonds. The molecule has 0 radical (unpaired) electrons. The van der Waals surface area contributed by atoms with Crippen molar-refractivity contribution in [2.45, 2.75) is 13.5 Å². The summed E-state index contributed by atoms with van der Waals surface area (Å²) < 4.78 is 5.24. The minimum Gasteiger partial charge on any atom is -0.337 e. The van der Waals surface area contributed by atoms with Crippen LogP contribution in [0.15, 0.2) is 46.3 Å². The Hall–Kier alpha value is -2.38. The van der Waals surface area contributed by atoms with Crippen molar-refractivity contribution in [3.8, 4) is 10.7 Å². The predicted octanol–water partition coefficient (Wildman–Crippen LogP) is 4.51. The lowest BCUT2D eigenvalue weighted by Gasteiger charge is -2.19. The van der Waals surface area contributed by atoms with E-state index < -0.39 is 0 Å². The maximum Gasteiger partial charge on any atom is 0.322 e. The zero-order chi connectivity index (χ0) is 16.9. The lowest BCUT2D eigenvalue weighted by molar-refractivity contribution is 0.203. The zero-order valence-electron chi connectivity index (χ0n) is 12.9. The monoisotopic (exact) mass is 362 g/mol. The van der Waals surface area contributed by atoms with Crippen LogP contribution in [0.2, 0.25) is 5.02 Å². The summed E-state index contributed by atoms with van der Waals surface area (Å²) in [5.41, 5.74) is 0.635. The fraction of sp³-hybridized carbons (Fsp3) is 0.188. The van der Waals surface area contributed by atoms with Crippen LogP contribution in [0.3, 0.4) is 0 Å². The third kappa shape index (κ3) is 3.93. The van der Waals surface area contributed by atoms with Gasteiger partial charge in [-0.05, 0) is 36.6 Å². The van der Waals surface area contributed by atoms with Crippen LogP contribution in [0.1, 0.15) is 12.8 Å².